The number of rotatable bonds is 7. The summed E-state index contributed by atoms with van der Waals surface area (Å²) in [6.07, 6.45) is 3.83. The Kier molecular flexibility index (Phi) is 5.79. The van der Waals surface area contributed by atoms with Gasteiger partial charge in [0.25, 0.3) is 0 Å². The third-order valence-corrected chi connectivity index (χ3v) is 4.23. The molecule has 2 aromatic rings. The van der Waals surface area contributed by atoms with Gasteiger partial charge in [-0.3, -0.25) is 0 Å². The normalized spacial score (nSPS) is 12.2. The monoisotopic (exact) mass is 354 g/mol. The van der Waals surface area contributed by atoms with Crippen molar-refractivity contribution in [2.24, 2.45) is 0 Å². The Labute approximate surface area is 132 Å². The first kappa shape index (κ1) is 15.3. The van der Waals surface area contributed by atoms with Crippen LogP contribution < -0.4 is 10.6 Å². The summed E-state index contributed by atoms with van der Waals surface area (Å²) in [5.74, 6) is 1.50. The number of nitrogens with zero attached hydrogens (tertiary/aromatic N) is 2. The van der Waals surface area contributed by atoms with E-state index in [1.807, 2.05) is 0 Å². The van der Waals surface area contributed by atoms with E-state index >= 15 is 0 Å². The number of hydrogen-bond donors (Lipinski definition) is 2. The topological polar surface area (TPSA) is 49.8 Å². The molecule has 0 saturated carbocycles. The summed E-state index contributed by atoms with van der Waals surface area (Å²) in [4.78, 5) is 10.1. The second-order valence-corrected chi connectivity index (χ2v) is 6.53. The SMILES string of the molecule is CCCNc1ncc(Br)c(NC(C)Cc2cccs2)n1. The Morgan fingerprint density at radius 3 is 3.00 bits per heavy atom. The molecule has 0 radical (unpaired) electrons. The number of aromatic nitrogens is 2. The van der Waals surface area contributed by atoms with Gasteiger partial charge in [-0.05, 0) is 40.7 Å². The first-order chi connectivity index (χ1) is 9.69. The van der Waals surface area contributed by atoms with Crippen molar-refractivity contribution in [2.45, 2.75) is 32.7 Å². The predicted octanol–water partition coefficient (Wildman–Crippen LogP) is 4.17. The fourth-order valence-corrected chi connectivity index (χ4v) is 2.95. The molecule has 6 heteroatoms. The fourth-order valence-electron chi connectivity index (χ4n) is 1.81. The van der Waals surface area contributed by atoms with Crippen LogP contribution in [0.25, 0.3) is 0 Å². The van der Waals surface area contributed by atoms with Crippen molar-refractivity contribution in [1.82, 2.24) is 9.97 Å². The highest BCUT2D eigenvalue weighted by Gasteiger charge is 2.09. The van der Waals surface area contributed by atoms with Crippen LogP contribution in [-0.2, 0) is 6.42 Å². The standard InChI is InChI=1S/C14H19BrN4S/c1-3-6-16-14-17-9-12(15)13(19-14)18-10(2)8-11-5-4-7-20-11/h4-5,7,9-10H,3,6,8H2,1-2H3,(H2,16,17,18,19). The largest absolute Gasteiger partial charge is 0.366 e. The van der Waals surface area contributed by atoms with Crippen LogP contribution in [-0.4, -0.2) is 22.6 Å². The molecule has 2 heterocycles. The molecule has 1 unspecified atom stereocenters. The van der Waals surface area contributed by atoms with Gasteiger partial charge in [0.05, 0.1) is 4.47 Å². The Morgan fingerprint density at radius 2 is 2.30 bits per heavy atom. The molecule has 0 aromatic carbocycles. The number of anilines is 2. The maximum atomic E-state index is 4.50. The van der Waals surface area contributed by atoms with Gasteiger partial charge in [-0.25, -0.2) is 4.98 Å². The highest BCUT2D eigenvalue weighted by molar-refractivity contribution is 9.10. The molecule has 4 nitrogen and oxygen atoms in total. The van der Waals surface area contributed by atoms with Crippen LogP contribution in [0.3, 0.4) is 0 Å². The molecule has 0 bridgehead atoms. The summed E-state index contributed by atoms with van der Waals surface area (Å²) >= 11 is 5.28. The van der Waals surface area contributed by atoms with Crippen molar-refractivity contribution in [3.05, 3.63) is 33.1 Å². The lowest BCUT2D eigenvalue weighted by Gasteiger charge is -2.15. The first-order valence-corrected chi connectivity index (χ1v) is 8.41. The molecule has 108 valence electrons. The second kappa shape index (κ2) is 7.59. The second-order valence-electron chi connectivity index (χ2n) is 4.65. The van der Waals surface area contributed by atoms with Gasteiger partial charge in [0.2, 0.25) is 5.95 Å². The quantitative estimate of drug-likeness (QED) is 0.783. The molecule has 20 heavy (non-hydrogen) atoms. The molecule has 2 rings (SSSR count). The number of thiophene rings is 1. The van der Waals surface area contributed by atoms with Gasteiger partial charge in [0.1, 0.15) is 5.82 Å². The maximum absolute atomic E-state index is 4.50. The van der Waals surface area contributed by atoms with E-state index in [2.05, 4.69) is 67.9 Å². The highest BCUT2D eigenvalue weighted by Crippen LogP contribution is 2.22. The summed E-state index contributed by atoms with van der Waals surface area (Å²) in [6.45, 7) is 5.16. The predicted molar refractivity (Wildman–Crippen MR) is 89.6 cm³/mol. The highest BCUT2D eigenvalue weighted by atomic mass is 79.9. The van der Waals surface area contributed by atoms with E-state index in [1.54, 1.807) is 17.5 Å². The summed E-state index contributed by atoms with van der Waals surface area (Å²) in [5, 5.41) is 8.74. The molecular weight excluding hydrogens is 336 g/mol. The molecule has 0 aliphatic carbocycles. The zero-order valence-corrected chi connectivity index (χ0v) is 14.1. The van der Waals surface area contributed by atoms with Gasteiger partial charge in [0.15, 0.2) is 0 Å². The average Bonchev–Trinajstić information content (AvgIpc) is 2.92. The average molecular weight is 355 g/mol. The van der Waals surface area contributed by atoms with Crippen molar-refractivity contribution in [3.63, 3.8) is 0 Å². The van der Waals surface area contributed by atoms with Gasteiger partial charge in [0, 0.05) is 30.1 Å². The summed E-state index contributed by atoms with van der Waals surface area (Å²) < 4.78 is 0.887. The summed E-state index contributed by atoms with van der Waals surface area (Å²) in [5.41, 5.74) is 0. The Balaban J connectivity index is 2.00. The lowest BCUT2D eigenvalue weighted by Crippen LogP contribution is -2.19. The number of nitrogens with one attached hydrogen (secondary N) is 2. The third kappa shape index (κ3) is 4.45. The minimum absolute atomic E-state index is 0.318. The zero-order valence-electron chi connectivity index (χ0n) is 11.7. The van der Waals surface area contributed by atoms with Crippen LogP contribution in [0.2, 0.25) is 0 Å². The maximum Gasteiger partial charge on any atom is 0.224 e. The minimum Gasteiger partial charge on any atom is -0.366 e. The lowest BCUT2D eigenvalue weighted by atomic mass is 10.2. The third-order valence-electron chi connectivity index (χ3n) is 2.75. The zero-order chi connectivity index (χ0) is 14.4. The smallest absolute Gasteiger partial charge is 0.224 e. The van der Waals surface area contributed by atoms with Crippen molar-refractivity contribution in [2.75, 3.05) is 17.2 Å². The van der Waals surface area contributed by atoms with Gasteiger partial charge in [-0.2, -0.15) is 4.98 Å². The molecule has 0 amide bonds. The van der Waals surface area contributed by atoms with Crippen molar-refractivity contribution >= 4 is 39.0 Å². The Bertz CT molecular complexity index is 530. The molecule has 0 fully saturated rings. The van der Waals surface area contributed by atoms with E-state index in [4.69, 9.17) is 0 Å². The van der Waals surface area contributed by atoms with E-state index in [0.29, 0.717) is 12.0 Å². The van der Waals surface area contributed by atoms with Crippen LogP contribution in [0, 0.1) is 0 Å². The molecule has 0 spiro atoms. The van der Waals surface area contributed by atoms with Gasteiger partial charge in [-0.15, -0.1) is 11.3 Å². The molecule has 2 N–H and O–H groups in total. The van der Waals surface area contributed by atoms with E-state index in [0.717, 1.165) is 29.7 Å². The van der Waals surface area contributed by atoms with Crippen LogP contribution in [0.15, 0.2) is 28.2 Å². The molecule has 1 atom stereocenters. The minimum atomic E-state index is 0.318. The van der Waals surface area contributed by atoms with Crippen LogP contribution >= 0.6 is 27.3 Å². The van der Waals surface area contributed by atoms with Crippen molar-refractivity contribution in [3.8, 4) is 0 Å². The van der Waals surface area contributed by atoms with Crippen LogP contribution in [0.5, 0.6) is 0 Å². The van der Waals surface area contributed by atoms with Gasteiger partial charge < -0.3 is 10.6 Å². The molecule has 0 saturated heterocycles. The van der Waals surface area contributed by atoms with E-state index in [1.165, 1.54) is 4.88 Å². The van der Waals surface area contributed by atoms with Crippen LogP contribution in [0.4, 0.5) is 11.8 Å². The van der Waals surface area contributed by atoms with Crippen molar-refractivity contribution in [1.29, 1.82) is 0 Å². The van der Waals surface area contributed by atoms with E-state index in [9.17, 15) is 0 Å². The van der Waals surface area contributed by atoms with Crippen molar-refractivity contribution < 1.29 is 0 Å². The summed E-state index contributed by atoms with van der Waals surface area (Å²) in [7, 11) is 0. The van der Waals surface area contributed by atoms with Gasteiger partial charge >= 0.3 is 0 Å². The number of hydrogen-bond acceptors (Lipinski definition) is 5. The van der Waals surface area contributed by atoms with Crippen LogP contribution in [0.1, 0.15) is 25.1 Å². The van der Waals surface area contributed by atoms with E-state index in [-0.39, 0.29) is 0 Å². The van der Waals surface area contributed by atoms with E-state index < -0.39 is 0 Å². The van der Waals surface area contributed by atoms with Gasteiger partial charge in [-0.1, -0.05) is 13.0 Å². The first-order valence-electron chi connectivity index (χ1n) is 6.74. The molecule has 2 aromatic heterocycles. The molecule has 0 aliphatic rings. The summed E-state index contributed by atoms with van der Waals surface area (Å²) in [6, 6.07) is 4.56. The molecular formula is C14H19BrN4S. The Morgan fingerprint density at radius 1 is 1.45 bits per heavy atom. The lowest BCUT2D eigenvalue weighted by molar-refractivity contribution is 0.792. The Hall–Kier alpha value is -1.14. The fraction of sp³-hybridized carbons (Fsp3) is 0.429. The number of halogens is 1. The molecule has 0 aliphatic heterocycles.